The fourth-order valence-electron chi connectivity index (χ4n) is 4.79. The van der Waals surface area contributed by atoms with E-state index >= 15 is 0 Å². The van der Waals surface area contributed by atoms with Crippen molar-refractivity contribution in [1.82, 2.24) is 0 Å². The maximum absolute atomic E-state index is 6.26. The molecular formula is C36H28O4. The summed E-state index contributed by atoms with van der Waals surface area (Å²) in [7, 11) is 3.31. The number of benzene rings is 4. The number of fused-ring (bicyclic) bond motifs is 2. The molecule has 0 fully saturated rings. The molecule has 196 valence electrons. The van der Waals surface area contributed by atoms with Gasteiger partial charge in [-0.1, -0.05) is 97.1 Å². The van der Waals surface area contributed by atoms with Crippen LogP contribution in [0.3, 0.4) is 0 Å². The molecule has 2 aliphatic heterocycles. The summed E-state index contributed by atoms with van der Waals surface area (Å²) in [4.78, 5) is 0. The van der Waals surface area contributed by atoms with Crippen LogP contribution in [0.1, 0.15) is 22.3 Å². The molecule has 0 amide bonds. The third kappa shape index (κ3) is 5.07. The van der Waals surface area contributed by atoms with Crippen LogP contribution in [0, 0.1) is 0 Å². The summed E-state index contributed by atoms with van der Waals surface area (Å²) in [6.45, 7) is 0. The van der Waals surface area contributed by atoms with Crippen LogP contribution in [0.15, 0.2) is 145 Å². The topological polar surface area (TPSA) is 36.9 Å². The van der Waals surface area contributed by atoms with Crippen LogP contribution in [-0.2, 0) is 9.47 Å². The molecule has 4 nitrogen and oxygen atoms in total. The van der Waals surface area contributed by atoms with Gasteiger partial charge in [0.2, 0.25) is 0 Å². The normalized spacial score (nSPS) is 16.4. The van der Waals surface area contributed by atoms with Gasteiger partial charge in [-0.05, 0) is 47.6 Å². The molecule has 0 saturated heterocycles. The highest BCUT2D eigenvalue weighted by atomic mass is 16.5. The van der Waals surface area contributed by atoms with Crippen LogP contribution >= 0.6 is 0 Å². The minimum absolute atomic E-state index is 0.587. The molecule has 0 unspecified atom stereocenters. The van der Waals surface area contributed by atoms with E-state index in [9.17, 15) is 0 Å². The third-order valence-corrected chi connectivity index (χ3v) is 6.78. The van der Waals surface area contributed by atoms with Gasteiger partial charge in [-0.15, -0.1) is 0 Å². The first-order valence-electron chi connectivity index (χ1n) is 13.1. The Morgan fingerprint density at radius 3 is 1.27 bits per heavy atom. The second-order valence-corrected chi connectivity index (χ2v) is 9.28. The average Bonchev–Trinajstić information content (AvgIpc) is 3.03. The number of ether oxygens (including phenoxy) is 4. The summed E-state index contributed by atoms with van der Waals surface area (Å²) in [6.07, 6.45) is 8.06. The largest absolute Gasteiger partial charge is 0.493 e. The smallest absolute Gasteiger partial charge is 0.161 e. The molecule has 0 bridgehead atoms. The van der Waals surface area contributed by atoms with Crippen LogP contribution in [0.25, 0.3) is 22.7 Å². The molecule has 0 aliphatic carbocycles. The van der Waals surface area contributed by atoms with E-state index < -0.39 is 0 Å². The summed E-state index contributed by atoms with van der Waals surface area (Å²) < 4.78 is 24.4. The van der Waals surface area contributed by atoms with Gasteiger partial charge in [0.25, 0.3) is 0 Å². The molecule has 4 aromatic carbocycles. The van der Waals surface area contributed by atoms with E-state index in [2.05, 4.69) is 0 Å². The molecule has 0 spiro atoms. The van der Waals surface area contributed by atoms with Gasteiger partial charge in [-0.25, -0.2) is 0 Å². The van der Waals surface area contributed by atoms with Crippen molar-refractivity contribution in [1.29, 1.82) is 0 Å². The Hall–Kier alpha value is -5.22. The Morgan fingerprint density at radius 2 is 0.875 bits per heavy atom. The van der Waals surface area contributed by atoms with Crippen LogP contribution < -0.4 is 9.47 Å². The summed E-state index contributed by atoms with van der Waals surface area (Å²) >= 11 is 0. The van der Waals surface area contributed by atoms with Gasteiger partial charge in [0.1, 0.15) is 23.0 Å². The second-order valence-electron chi connectivity index (χ2n) is 9.28. The quantitative estimate of drug-likeness (QED) is 0.237. The Morgan fingerprint density at radius 1 is 0.500 bits per heavy atom. The first-order valence-corrected chi connectivity index (χ1v) is 13.1. The molecular weight excluding hydrogens is 496 g/mol. The maximum Gasteiger partial charge on any atom is 0.161 e. The van der Waals surface area contributed by atoms with Crippen molar-refractivity contribution in [2.45, 2.75) is 0 Å². The highest BCUT2D eigenvalue weighted by molar-refractivity contribution is 5.90. The number of methoxy groups -OCH3 is 2. The van der Waals surface area contributed by atoms with Crippen LogP contribution in [0.5, 0.6) is 11.5 Å². The molecule has 2 heterocycles. The van der Waals surface area contributed by atoms with Crippen LogP contribution in [-0.4, -0.2) is 14.2 Å². The lowest BCUT2D eigenvalue weighted by Gasteiger charge is -2.22. The van der Waals surface area contributed by atoms with Crippen molar-refractivity contribution < 1.29 is 18.9 Å². The van der Waals surface area contributed by atoms with Gasteiger partial charge >= 0.3 is 0 Å². The lowest BCUT2D eigenvalue weighted by Crippen LogP contribution is -2.05. The predicted molar refractivity (Wildman–Crippen MR) is 160 cm³/mol. The molecule has 0 radical (unpaired) electrons. The van der Waals surface area contributed by atoms with E-state index in [1.54, 1.807) is 14.2 Å². The Bertz CT molecular complexity index is 1560. The van der Waals surface area contributed by atoms with E-state index in [1.165, 1.54) is 0 Å². The maximum atomic E-state index is 6.26. The Balaban J connectivity index is 1.48. The van der Waals surface area contributed by atoms with E-state index in [-0.39, 0.29) is 0 Å². The number of allylic oxidation sites excluding steroid dienone is 6. The second kappa shape index (κ2) is 11.3. The van der Waals surface area contributed by atoms with Gasteiger partial charge < -0.3 is 18.9 Å². The SMILES string of the molecule is COC(/C=C1/C=C(c2ccccc2)Oc2ccccc21)=C(\C=C1\C=C(c2ccccc2)Oc2ccccc21)OC. The van der Waals surface area contributed by atoms with Crippen molar-refractivity contribution >= 4 is 22.7 Å². The van der Waals surface area contributed by atoms with Gasteiger partial charge in [-0.3, -0.25) is 0 Å². The van der Waals surface area contributed by atoms with E-state index in [1.807, 2.05) is 133 Å². The monoisotopic (exact) mass is 524 g/mol. The molecule has 2 aliphatic rings. The molecule has 40 heavy (non-hydrogen) atoms. The minimum Gasteiger partial charge on any atom is -0.493 e. The highest BCUT2D eigenvalue weighted by Crippen LogP contribution is 2.39. The average molecular weight is 525 g/mol. The summed E-state index contributed by atoms with van der Waals surface area (Å²) in [5.74, 6) is 4.29. The number of para-hydroxylation sites is 2. The van der Waals surface area contributed by atoms with Gasteiger partial charge in [0, 0.05) is 22.3 Å². The van der Waals surface area contributed by atoms with E-state index in [0.29, 0.717) is 11.5 Å². The Kier molecular flexibility index (Phi) is 7.06. The van der Waals surface area contributed by atoms with E-state index in [0.717, 1.165) is 56.4 Å². The summed E-state index contributed by atoms with van der Waals surface area (Å²) in [6, 6.07) is 36.1. The fourth-order valence-corrected chi connectivity index (χ4v) is 4.79. The zero-order valence-corrected chi connectivity index (χ0v) is 22.3. The molecule has 0 atom stereocenters. The van der Waals surface area contributed by atoms with Crippen molar-refractivity contribution in [2.75, 3.05) is 14.2 Å². The van der Waals surface area contributed by atoms with Crippen molar-refractivity contribution in [3.8, 4) is 11.5 Å². The van der Waals surface area contributed by atoms with E-state index in [4.69, 9.17) is 18.9 Å². The van der Waals surface area contributed by atoms with Crippen LogP contribution in [0.4, 0.5) is 0 Å². The molecule has 0 N–H and O–H groups in total. The first-order chi connectivity index (χ1) is 19.7. The minimum atomic E-state index is 0.587. The molecule has 6 rings (SSSR count). The summed E-state index contributed by atoms with van der Waals surface area (Å²) in [5, 5.41) is 0. The lowest BCUT2D eigenvalue weighted by molar-refractivity contribution is 0.242. The molecule has 4 heteroatoms. The molecule has 0 saturated carbocycles. The van der Waals surface area contributed by atoms with Crippen molar-refractivity contribution in [3.63, 3.8) is 0 Å². The zero-order valence-electron chi connectivity index (χ0n) is 22.3. The predicted octanol–water partition coefficient (Wildman–Crippen LogP) is 8.53. The van der Waals surface area contributed by atoms with Gasteiger partial charge in [0.05, 0.1) is 14.2 Å². The van der Waals surface area contributed by atoms with Crippen molar-refractivity contribution in [3.05, 3.63) is 167 Å². The molecule has 4 aromatic rings. The fraction of sp³-hybridized carbons (Fsp3) is 0.0556. The lowest BCUT2D eigenvalue weighted by atomic mass is 9.97. The number of rotatable bonds is 6. The molecule has 0 aromatic heterocycles. The summed E-state index contributed by atoms with van der Waals surface area (Å²) in [5.41, 5.74) is 5.86. The van der Waals surface area contributed by atoms with Gasteiger partial charge in [-0.2, -0.15) is 0 Å². The first kappa shape index (κ1) is 25.1. The standard InChI is InChI=1S/C36H28O4/c1-37-35(23-27-21-33(25-13-5-3-6-14-25)39-31-19-11-9-17-29(27)31)36(38-2)24-28-22-34(26-15-7-4-8-16-26)40-32-20-12-10-18-30(28)32/h3-24H,1-2H3/b27-23-,28-24-,36-35+. The number of hydrogen-bond donors (Lipinski definition) is 0. The zero-order chi connectivity index (χ0) is 27.3. The Labute approximate surface area is 234 Å². The highest BCUT2D eigenvalue weighted by Gasteiger charge is 2.21. The van der Waals surface area contributed by atoms with Crippen molar-refractivity contribution in [2.24, 2.45) is 0 Å². The van der Waals surface area contributed by atoms with Crippen LogP contribution in [0.2, 0.25) is 0 Å². The number of hydrogen-bond acceptors (Lipinski definition) is 4. The van der Waals surface area contributed by atoms with Gasteiger partial charge in [0.15, 0.2) is 11.5 Å². The third-order valence-electron chi connectivity index (χ3n) is 6.78.